The molecule has 104 valence electrons. The molecule has 6 heteroatoms. The van der Waals surface area contributed by atoms with Gasteiger partial charge in [-0.15, -0.1) is 0 Å². The second-order valence-electron chi connectivity index (χ2n) is 4.35. The number of aromatic nitrogens is 1. The summed E-state index contributed by atoms with van der Waals surface area (Å²) in [4.78, 5) is 14.6. The van der Waals surface area contributed by atoms with Crippen LogP contribution in [-0.2, 0) is 0 Å². The van der Waals surface area contributed by atoms with Gasteiger partial charge in [-0.2, -0.15) is 11.3 Å². The van der Waals surface area contributed by atoms with Gasteiger partial charge in [0.05, 0.1) is 4.92 Å². The fourth-order valence-electron chi connectivity index (χ4n) is 1.98. The summed E-state index contributed by atoms with van der Waals surface area (Å²) in [6.07, 6.45) is 1.53. The van der Waals surface area contributed by atoms with E-state index in [1.165, 1.54) is 12.3 Å². The molecule has 0 aliphatic carbocycles. The molecule has 0 saturated carbocycles. The van der Waals surface area contributed by atoms with Crippen molar-refractivity contribution in [1.82, 2.24) is 4.98 Å². The number of benzene rings is 1. The molecule has 1 aromatic carbocycles. The molecule has 0 amide bonds. The van der Waals surface area contributed by atoms with Crippen molar-refractivity contribution in [2.45, 2.75) is 0 Å². The lowest BCUT2D eigenvalue weighted by Crippen LogP contribution is -1.99. The largest absolute Gasteiger partial charge is 0.334 e. The third kappa shape index (κ3) is 2.90. The SMILES string of the molecule is O=[N+]([O-])c1cccnc1Nc1cccc(-c2ccsc2)c1. The average Bonchev–Trinajstić information content (AvgIpc) is 3.02. The topological polar surface area (TPSA) is 68.1 Å². The van der Waals surface area contributed by atoms with Crippen LogP contribution in [0.1, 0.15) is 0 Å². The van der Waals surface area contributed by atoms with Gasteiger partial charge in [-0.1, -0.05) is 12.1 Å². The van der Waals surface area contributed by atoms with E-state index in [9.17, 15) is 10.1 Å². The predicted molar refractivity (Wildman–Crippen MR) is 83.9 cm³/mol. The van der Waals surface area contributed by atoms with Crippen molar-refractivity contribution in [2.75, 3.05) is 5.32 Å². The Morgan fingerprint density at radius 1 is 1.14 bits per heavy atom. The summed E-state index contributed by atoms with van der Waals surface area (Å²) in [5.74, 6) is 0.241. The molecule has 0 fully saturated rings. The highest BCUT2D eigenvalue weighted by molar-refractivity contribution is 7.08. The molecule has 3 aromatic rings. The Morgan fingerprint density at radius 2 is 2.05 bits per heavy atom. The second kappa shape index (κ2) is 5.72. The summed E-state index contributed by atoms with van der Waals surface area (Å²) in [5.41, 5.74) is 2.90. The average molecular weight is 297 g/mol. The van der Waals surface area contributed by atoms with Gasteiger partial charge in [0, 0.05) is 18.0 Å². The molecule has 0 aliphatic heterocycles. The van der Waals surface area contributed by atoms with Crippen molar-refractivity contribution < 1.29 is 4.92 Å². The molecule has 0 atom stereocenters. The minimum atomic E-state index is -0.446. The highest BCUT2D eigenvalue weighted by Crippen LogP contribution is 2.28. The van der Waals surface area contributed by atoms with Crippen molar-refractivity contribution >= 4 is 28.5 Å². The van der Waals surface area contributed by atoms with E-state index >= 15 is 0 Å². The van der Waals surface area contributed by atoms with Gasteiger partial charge < -0.3 is 5.32 Å². The van der Waals surface area contributed by atoms with Crippen LogP contribution in [0.2, 0.25) is 0 Å². The molecule has 0 saturated heterocycles. The number of nitro groups is 1. The molecule has 3 rings (SSSR count). The van der Waals surface area contributed by atoms with Crippen LogP contribution in [0.3, 0.4) is 0 Å². The fraction of sp³-hybridized carbons (Fsp3) is 0. The van der Waals surface area contributed by atoms with Crippen LogP contribution in [0.15, 0.2) is 59.4 Å². The molecule has 0 bridgehead atoms. The Kier molecular flexibility index (Phi) is 3.61. The molecule has 5 nitrogen and oxygen atoms in total. The normalized spacial score (nSPS) is 10.3. The quantitative estimate of drug-likeness (QED) is 0.570. The van der Waals surface area contributed by atoms with Crippen LogP contribution in [0.25, 0.3) is 11.1 Å². The monoisotopic (exact) mass is 297 g/mol. The van der Waals surface area contributed by atoms with Crippen LogP contribution < -0.4 is 5.32 Å². The van der Waals surface area contributed by atoms with Crippen molar-refractivity contribution in [1.29, 1.82) is 0 Å². The lowest BCUT2D eigenvalue weighted by atomic mass is 10.1. The Labute approximate surface area is 125 Å². The molecule has 0 radical (unpaired) electrons. The number of thiophene rings is 1. The maximum atomic E-state index is 11.0. The van der Waals surface area contributed by atoms with Crippen molar-refractivity contribution in [3.63, 3.8) is 0 Å². The zero-order valence-electron chi connectivity index (χ0n) is 10.9. The predicted octanol–water partition coefficient (Wildman–Crippen LogP) is 4.46. The number of anilines is 2. The first kappa shape index (κ1) is 13.3. The van der Waals surface area contributed by atoms with Crippen molar-refractivity contribution in [2.24, 2.45) is 0 Å². The first-order valence-electron chi connectivity index (χ1n) is 6.23. The fourth-order valence-corrected chi connectivity index (χ4v) is 2.65. The van der Waals surface area contributed by atoms with E-state index in [1.54, 1.807) is 17.4 Å². The number of pyridine rings is 1. The first-order valence-corrected chi connectivity index (χ1v) is 7.17. The van der Waals surface area contributed by atoms with Gasteiger partial charge in [-0.25, -0.2) is 4.98 Å². The van der Waals surface area contributed by atoms with Crippen molar-refractivity contribution in [3.8, 4) is 11.1 Å². The van der Waals surface area contributed by atoms with Gasteiger partial charge in [0.1, 0.15) is 0 Å². The van der Waals surface area contributed by atoms with E-state index in [1.807, 2.05) is 35.7 Å². The van der Waals surface area contributed by atoms with E-state index in [0.29, 0.717) is 0 Å². The van der Waals surface area contributed by atoms with Crippen LogP contribution in [0, 0.1) is 10.1 Å². The highest BCUT2D eigenvalue weighted by Gasteiger charge is 2.14. The molecule has 1 N–H and O–H groups in total. The molecular formula is C15H11N3O2S. The minimum Gasteiger partial charge on any atom is -0.334 e. The molecule has 2 heterocycles. The minimum absolute atomic E-state index is 0.0431. The van der Waals surface area contributed by atoms with E-state index in [4.69, 9.17) is 0 Å². The summed E-state index contributed by atoms with van der Waals surface area (Å²) < 4.78 is 0. The lowest BCUT2D eigenvalue weighted by molar-refractivity contribution is -0.384. The van der Waals surface area contributed by atoms with E-state index < -0.39 is 4.92 Å². The second-order valence-corrected chi connectivity index (χ2v) is 5.13. The van der Waals surface area contributed by atoms with Gasteiger partial charge in [0.25, 0.3) is 0 Å². The zero-order chi connectivity index (χ0) is 14.7. The van der Waals surface area contributed by atoms with Gasteiger partial charge in [-0.05, 0) is 46.2 Å². The summed E-state index contributed by atoms with van der Waals surface area (Å²) in [5, 5.41) is 18.1. The van der Waals surface area contributed by atoms with Gasteiger partial charge in [0.15, 0.2) is 0 Å². The number of hydrogen-bond acceptors (Lipinski definition) is 5. The summed E-state index contributed by atoms with van der Waals surface area (Å²) in [7, 11) is 0. The number of hydrogen-bond donors (Lipinski definition) is 1. The van der Waals surface area contributed by atoms with Crippen molar-refractivity contribution in [3.05, 3.63) is 69.5 Å². The highest BCUT2D eigenvalue weighted by atomic mass is 32.1. The van der Waals surface area contributed by atoms with Gasteiger partial charge in [-0.3, -0.25) is 10.1 Å². The van der Waals surface area contributed by atoms with Crippen LogP contribution >= 0.6 is 11.3 Å². The van der Waals surface area contributed by atoms with E-state index in [-0.39, 0.29) is 11.5 Å². The summed E-state index contributed by atoms with van der Waals surface area (Å²) in [6.45, 7) is 0. The number of nitrogens with one attached hydrogen (secondary N) is 1. The Morgan fingerprint density at radius 3 is 2.81 bits per heavy atom. The maximum Gasteiger partial charge on any atom is 0.311 e. The van der Waals surface area contributed by atoms with Gasteiger partial charge >= 0.3 is 5.69 Å². The summed E-state index contributed by atoms with van der Waals surface area (Å²) in [6, 6.07) is 12.7. The van der Waals surface area contributed by atoms with Crippen LogP contribution in [-0.4, -0.2) is 9.91 Å². The van der Waals surface area contributed by atoms with Crippen LogP contribution in [0.4, 0.5) is 17.2 Å². The smallest absolute Gasteiger partial charge is 0.311 e. The molecule has 2 aromatic heterocycles. The molecule has 0 unspecified atom stereocenters. The molecular weight excluding hydrogens is 286 g/mol. The Balaban J connectivity index is 1.93. The molecule has 0 aliphatic rings. The molecule has 0 spiro atoms. The number of rotatable bonds is 4. The third-order valence-corrected chi connectivity index (χ3v) is 3.65. The van der Waals surface area contributed by atoms with E-state index in [2.05, 4.69) is 15.7 Å². The van der Waals surface area contributed by atoms with Crippen LogP contribution in [0.5, 0.6) is 0 Å². The Hall–Kier alpha value is -2.73. The lowest BCUT2D eigenvalue weighted by Gasteiger charge is -2.07. The number of nitrogens with zero attached hydrogens (tertiary/aromatic N) is 2. The maximum absolute atomic E-state index is 11.0. The third-order valence-electron chi connectivity index (χ3n) is 2.96. The van der Waals surface area contributed by atoms with Gasteiger partial charge in [0.2, 0.25) is 5.82 Å². The summed E-state index contributed by atoms with van der Waals surface area (Å²) >= 11 is 1.63. The Bertz CT molecular complexity index is 772. The standard InChI is InChI=1S/C15H11N3O2S/c19-18(20)14-5-2-7-16-15(14)17-13-4-1-3-11(9-13)12-6-8-21-10-12/h1-10H,(H,16,17). The zero-order valence-corrected chi connectivity index (χ0v) is 11.7. The van der Waals surface area contributed by atoms with E-state index in [0.717, 1.165) is 16.8 Å². The molecule has 21 heavy (non-hydrogen) atoms. The first-order chi connectivity index (χ1) is 10.2.